The Labute approximate surface area is 114 Å². The molecule has 0 aliphatic carbocycles. The van der Waals surface area contributed by atoms with Crippen molar-refractivity contribution in [2.24, 2.45) is 0 Å². The van der Waals surface area contributed by atoms with Gasteiger partial charge in [0.05, 0.1) is 6.61 Å². The van der Waals surface area contributed by atoms with Gasteiger partial charge in [0.1, 0.15) is 10.9 Å². The fraction of sp³-hybridized carbons (Fsp3) is 0.231. The maximum atomic E-state index is 11.5. The summed E-state index contributed by atoms with van der Waals surface area (Å²) >= 11 is 5.57. The van der Waals surface area contributed by atoms with Crippen molar-refractivity contribution >= 4 is 11.6 Å². The lowest BCUT2D eigenvalue weighted by molar-refractivity contribution is 0.299. The van der Waals surface area contributed by atoms with Gasteiger partial charge in [-0.2, -0.15) is 0 Å². The average molecular weight is 281 g/mol. The minimum Gasteiger partial charge on any atom is -0.494 e. The molecular formula is C13H13ClN2O3. The zero-order valence-electron chi connectivity index (χ0n) is 10.1. The van der Waals surface area contributed by atoms with Crippen molar-refractivity contribution in [1.82, 2.24) is 9.55 Å². The molecule has 0 bridgehead atoms. The second-order valence-electron chi connectivity index (χ2n) is 3.93. The normalized spacial score (nSPS) is 10.4. The number of nitrogens with one attached hydrogen (secondary N) is 1. The fourth-order valence-electron chi connectivity index (χ4n) is 1.63. The van der Waals surface area contributed by atoms with E-state index in [1.54, 1.807) is 0 Å². The van der Waals surface area contributed by atoms with Crippen molar-refractivity contribution in [3.63, 3.8) is 0 Å². The van der Waals surface area contributed by atoms with Crippen molar-refractivity contribution in [1.29, 1.82) is 0 Å². The molecule has 6 heteroatoms. The van der Waals surface area contributed by atoms with Crippen LogP contribution in [0.3, 0.4) is 0 Å². The van der Waals surface area contributed by atoms with Gasteiger partial charge in [-0.3, -0.25) is 14.3 Å². The molecule has 1 heterocycles. The largest absolute Gasteiger partial charge is 0.494 e. The van der Waals surface area contributed by atoms with Crippen LogP contribution in [-0.4, -0.2) is 16.2 Å². The van der Waals surface area contributed by atoms with E-state index in [-0.39, 0.29) is 11.7 Å². The summed E-state index contributed by atoms with van der Waals surface area (Å²) in [6.45, 7) is 0.719. The van der Waals surface area contributed by atoms with Gasteiger partial charge < -0.3 is 4.74 Å². The second-order valence-corrected chi connectivity index (χ2v) is 4.33. The van der Waals surface area contributed by atoms with Crippen LogP contribution >= 0.6 is 11.6 Å². The van der Waals surface area contributed by atoms with E-state index in [0.717, 1.165) is 10.3 Å². The lowest BCUT2D eigenvalue weighted by Crippen LogP contribution is -2.34. The predicted molar refractivity (Wildman–Crippen MR) is 72.9 cm³/mol. The highest BCUT2D eigenvalue weighted by Crippen LogP contribution is 2.08. The first-order chi connectivity index (χ1) is 9.16. The lowest BCUT2D eigenvalue weighted by Gasteiger charge is -2.07. The molecule has 2 rings (SSSR count). The predicted octanol–water partition coefficient (Wildman–Crippen LogP) is 1.66. The van der Waals surface area contributed by atoms with Gasteiger partial charge in [-0.1, -0.05) is 29.8 Å². The first-order valence-electron chi connectivity index (χ1n) is 5.84. The molecule has 1 aromatic carbocycles. The third-order valence-corrected chi connectivity index (χ3v) is 2.73. The van der Waals surface area contributed by atoms with E-state index in [9.17, 15) is 9.59 Å². The van der Waals surface area contributed by atoms with Crippen LogP contribution < -0.4 is 16.0 Å². The number of rotatable bonds is 5. The minimum absolute atomic E-state index is 0.0479. The maximum Gasteiger partial charge on any atom is 0.329 e. The molecule has 100 valence electrons. The fourth-order valence-corrected chi connectivity index (χ4v) is 1.81. The molecule has 0 spiro atoms. The van der Waals surface area contributed by atoms with Crippen LogP contribution in [0.1, 0.15) is 6.42 Å². The van der Waals surface area contributed by atoms with Gasteiger partial charge in [-0.05, 0) is 18.6 Å². The lowest BCUT2D eigenvalue weighted by atomic mass is 10.3. The van der Waals surface area contributed by atoms with Crippen LogP contribution in [0, 0.1) is 0 Å². The van der Waals surface area contributed by atoms with E-state index in [2.05, 4.69) is 4.98 Å². The van der Waals surface area contributed by atoms with Gasteiger partial charge in [0, 0.05) is 12.6 Å². The van der Waals surface area contributed by atoms with Gasteiger partial charge in [0.25, 0.3) is 5.56 Å². The number of para-hydroxylation sites is 1. The molecule has 2 aromatic rings. The molecule has 0 radical (unpaired) electrons. The van der Waals surface area contributed by atoms with Gasteiger partial charge >= 0.3 is 5.69 Å². The first-order valence-corrected chi connectivity index (χ1v) is 6.22. The number of nitrogens with zero attached hydrogens (tertiary/aromatic N) is 1. The van der Waals surface area contributed by atoms with Crippen molar-refractivity contribution in [3.05, 3.63) is 62.4 Å². The summed E-state index contributed by atoms with van der Waals surface area (Å²) in [4.78, 5) is 25.4. The van der Waals surface area contributed by atoms with Crippen LogP contribution in [0.4, 0.5) is 0 Å². The summed E-state index contributed by atoms with van der Waals surface area (Å²) in [5, 5.41) is 0.0479. The maximum absolute atomic E-state index is 11.5. The van der Waals surface area contributed by atoms with Gasteiger partial charge in [-0.25, -0.2) is 4.79 Å². The van der Waals surface area contributed by atoms with E-state index < -0.39 is 11.2 Å². The van der Waals surface area contributed by atoms with Gasteiger partial charge in [-0.15, -0.1) is 0 Å². The summed E-state index contributed by atoms with van der Waals surface area (Å²) in [7, 11) is 0. The molecule has 1 aromatic heterocycles. The molecule has 0 fully saturated rings. The van der Waals surface area contributed by atoms with E-state index >= 15 is 0 Å². The highest BCUT2D eigenvalue weighted by molar-refractivity contribution is 6.29. The molecule has 0 unspecified atom stereocenters. The Bertz CT molecular complexity index is 618. The number of hydrogen-bond acceptors (Lipinski definition) is 3. The Kier molecular flexibility index (Phi) is 4.41. The van der Waals surface area contributed by atoms with Crippen LogP contribution in [0.25, 0.3) is 0 Å². The molecular weight excluding hydrogens is 268 g/mol. The number of aromatic nitrogens is 2. The third-order valence-electron chi connectivity index (χ3n) is 2.53. The molecule has 0 amide bonds. The number of benzene rings is 1. The molecule has 5 nitrogen and oxygen atoms in total. The summed E-state index contributed by atoms with van der Waals surface area (Å²) in [6.07, 6.45) is 0.555. The number of ether oxygens (including phenoxy) is 1. The van der Waals surface area contributed by atoms with E-state index in [1.165, 1.54) is 6.07 Å². The summed E-state index contributed by atoms with van der Waals surface area (Å²) in [5.74, 6) is 0.764. The molecule has 0 aliphatic rings. The van der Waals surface area contributed by atoms with Crippen LogP contribution in [-0.2, 0) is 6.54 Å². The van der Waals surface area contributed by atoms with Gasteiger partial charge in [0.15, 0.2) is 0 Å². The number of aromatic amines is 1. The zero-order chi connectivity index (χ0) is 13.7. The first kappa shape index (κ1) is 13.4. The van der Waals surface area contributed by atoms with Crippen molar-refractivity contribution in [2.45, 2.75) is 13.0 Å². The Morgan fingerprint density at radius 3 is 2.63 bits per heavy atom. The van der Waals surface area contributed by atoms with Crippen LogP contribution in [0.5, 0.6) is 5.75 Å². The standard InChI is InChI=1S/C13H13ClN2O3/c14-11-9-12(17)16(13(18)15-11)7-4-8-19-10-5-2-1-3-6-10/h1-3,5-6,9H,4,7-8H2,(H,15,18). The molecule has 0 aliphatic heterocycles. The van der Waals surface area contributed by atoms with Crippen LogP contribution in [0.15, 0.2) is 46.0 Å². The molecule has 0 saturated heterocycles. The molecule has 1 N–H and O–H groups in total. The average Bonchev–Trinajstić information content (AvgIpc) is 2.38. The topological polar surface area (TPSA) is 64.1 Å². The zero-order valence-corrected chi connectivity index (χ0v) is 10.9. The highest BCUT2D eigenvalue weighted by atomic mass is 35.5. The van der Waals surface area contributed by atoms with Crippen molar-refractivity contribution in [2.75, 3.05) is 6.61 Å². The molecule has 0 saturated carbocycles. The highest BCUT2D eigenvalue weighted by Gasteiger charge is 2.02. The van der Waals surface area contributed by atoms with Crippen molar-refractivity contribution in [3.8, 4) is 5.75 Å². The van der Waals surface area contributed by atoms with E-state index in [4.69, 9.17) is 16.3 Å². The summed E-state index contributed by atoms with van der Waals surface area (Å²) in [5.41, 5.74) is -0.911. The Balaban J connectivity index is 1.90. The Hall–Kier alpha value is -2.01. The third kappa shape index (κ3) is 3.72. The molecule has 0 atom stereocenters. The smallest absolute Gasteiger partial charge is 0.329 e. The van der Waals surface area contributed by atoms with Crippen molar-refractivity contribution < 1.29 is 4.74 Å². The Morgan fingerprint density at radius 1 is 1.21 bits per heavy atom. The monoisotopic (exact) mass is 280 g/mol. The quantitative estimate of drug-likeness (QED) is 0.669. The summed E-state index contributed by atoms with van der Waals surface area (Å²) in [6, 6.07) is 10.5. The number of hydrogen-bond donors (Lipinski definition) is 1. The SMILES string of the molecule is O=c1cc(Cl)[nH]c(=O)n1CCCOc1ccccc1. The second kappa shape index (κ2) is 6.24. The van der Waals surface area contributed by atoms with E-state index in [1.807, 2.05) is 30.3 Å². The number of halogens is 1. The van der Waals surface area contributed by atoms with Gasteiger partial charge in [0.2, 0.25) is 0 Å². The Morgan fingerprint density at radius 2 is 1.95 bits per heavy atom. The summed E-state index contributed by atoms with van der Waals surface area (Å²) < 4.78 is 6.57. The minimum atomic E-state index is -0.503. The molecule has 19 heavy (non-hydrogen) atoms. The van der Waals surface area contributed by atoms with E-state index in [0.29, 0.717) is 13.0 Å². The number of H-pyrrole nitrogens is 1. The van der Waals surface area contributed by atoms with Crippen LogP contribution in [0.2, 0.25) is 5.15 Å².